The predicted octanol–water partition coefficient (Wildman–Crippen LogP) is 4.78. The lowest BCUT2D eigenvalue weighted by Gasteiger charge is -2.37. The summed E-state index contributed by atoms with van der Waals surface area (Å²) >= 11 is 1.21. The number of benzene rings is 1. The van der Waals surface area contributed by atoms with E-state index in [1.165, 1.54) is 28.8 Å². The molecule has 1 aromatic carbocycles. The zero-order chi connectivity index (χ0) is 27.1. The number of amides is 2. The number of nitrogens with one attached hydrogen (secondary N) is 1. The van der Waals surface area contributed by atoms with Crippen LogP contribution in [0.4, 0.5) is 14.9 Å². The molecule has 1 aliphatic carbocycles. The number of nitrogen functional groups attached to an aromatic ring is 1. The van der Waals surface area contributed by atoms with Gasteiger partial charge < -0.3 is 20.5 Å². The predicted molar refractivity (Wildman–Crippen MR) is 145 cm³/mol. The fourth-order valence-corrected chi connectivity index (χ4v) is 6.68. The number of hydrogen-bond acceptors (Lipinski definition) is 7. The van der Waals surface area contributed by atoms with Crippen molar-refractivity contribution < 1.29 is 23.5 Å². The number of halogens is 1. The molecule has 0 spiro atoms. The molecule has 0 aromatic heterocycles. The number of thioether (sulfide) groups is 1. The highest BCUT2D eigenvalue weighted by molar-refractivity contribution is 8.16. The van der Waals surface area contributed by atoms with Gasteiger partial charge in [-0.25, -0.2) is 14.1 Å². The SMILES string of the molecule is CNC(=O)[C@]12C[C@H]1[C@@](C)(c1cc(N)ccc1F)N=C(N(COCC[Si](C)(C)C)C(=O)OC(C)(C)C)S2. The number of fused-ring (bicyclic) bond motifs is 1. The molecule has 1 aromatic rings. The second-order valence-corrected chi connectivity index (χ2v) is 18.8. The fourth-order valence-electron chi connectivity index (χ4n) is 4.31. The van der Waals surface area contributed by atoms with E-state index in [1.54, 1.807) is 40.8 Å². The summed E-state index contributed by atoms with van der Waals surface area (Å²) in [6.45, 7) is 14.3. The monoisotopic (exact) mass is 538 g/mol. The summed E-state index contributed by atoms with van der Waals surface area (Å²) in [4.78, 5) is 32.6. The summed E-state index contributed by atoms with van der Waals surface area (Å²) < 4.78 is 25.8. The van der Waals surface area contributed by atoms with Crippen LogP contribution >= 0.6 is 11.8 Å². The lowest BCUT2D eigenvalue weighted by molar-refractivity contribution is -0.121. The van der Waals surface area contributed by atoms with Crippen LogP contribution < -0.4 is 11.1 Å². The first-order chi connectivity index (χ1) is 16.5. The number of ether oxygens (including phenoxy) is 2. The summed E-state index contributed by atoms with van der Waals surface area (Å²) in [5.41, 5.74) is 4.81. The van der Waals surface area contributed by atoms with Crippen molar-refractivity contribution in [2.45, 2.75) is 75.7 Å². The molecule has 2 aliphatic rings. The molecule has 0 bridgehead atoms. The molecular weight excluding hydrogens is 499 g/mol. The Morgan fingerprint density at radius 2 is 2.00 bits per heavy atom. The summed E-state index contributed by atoms with van der Waals surface area (Å²) in [7, 11) is 0.221. The van der Waals surface area contributed by atoms with Gasteiger partial charge in [0, 0.05) is 38.9 Å². The molecule has 3 rings (SSSR count). The van der Waals surface area contributed by atoms with Gasteiger partial charge in [0.25, 0.3) is 0 Å². The second kappa shape index (κ2) is 9.98. The highest BCUT2D eigenvalue weighted by Crippen LogP contribution is 2.66. The smallest absolute Gasteiger partial charge is 0.418 e. The quantitative estimate of drug-likeness (QED) is 0.224. The number of aliphatic imine (C=N–C) groups is 1. The molecule has 0 unspecified atom stereocenters. The molecule has 1 aliphatic heterocycles. The minimum absolute atomic E-state index is 0.0881. The van der Waals surface area contributed by atoms with Crippen LogP contribution in [0.25, 0.3) is 0 Å². The van der Waals surface area contributed by atoms with E-state index in [-0.39, 0.29) is 23.7 Å². The lowest BCUT2D eigenvalue weighted by Crippen LogP contribution is -2.48. The Labute approximate surface area is 218 Å². The van der Waals surface area contributed by atoms with E-state index in [0.29, 0.717) is 24.3 Å². The van der Waals surface area contributed by atoms with E-state index >= 15 is 4.39 Å². The molecule has 0 saturated heterocycles. The number of rotatable bonds is 7. The van der Waals surface area contributed by atoms with Crippen molar-refractivity contribution >= 4 is 42.7 Å². The highest BCUT2D eigenvalue weighted by Gasteiger charge is 2.71. The van der Waals surface area contributed by atoms with Crippen LogP contribution in [0.15, 0.2) is 23.2 Å². The van der Waals surface area contributed by atoms with Gasteiger partial charge in [0.15, 0.2) is 5.17 Å². The van der Waals surface area contributed by atoms with E-state index in [4.69, 9.17) is 20.2 Å². The first-order valence-corrected chi connectivity index (χ1v) is 16.7. The van der Waals surface area contributed by atoms with E-state index in [9.17, 15) is 9.59 Å². The number of carbonyl (C=O) groups excluding carboxylic acids is 2. The third kappa shape index (κ3) is 6.05. The minimum Gasteiger partial charge on any atom is -0.443 e. The number of hydrogen-bond donors (Lipinski definition) is 2. The maximum Gasteiger partial charge on any atom is 0.418 e. The average Bonchev–Trinajstić information content (AvgIpc) is 3.49. The van der Waals surface area contributed by atoms with Crippen molar-refractivity contribution in [3.8, 4) is 0 Å². The average molecular weight is 539 g/mol. The van der Waals surface area contributed by atoms with Crippen molar-refractivity contribution in [1.82, 2.24) is 10.2 Å². The van der Waals surface area contributed by atoms with Crippen LogP contribution in [-0.4, -0.2) is 60.9 Å². The number of carbonyl (C=O) groups is 2. The molecule has 11 heteroatoms. The number of anilines is 1. The van der Waals surface area contributed by atoms with Gasteiger partial charge in [-0.15, -0.1) is 0 Å². The summed E-state index contributed by atoms with van der Waals surface area (Å²) in [6.07, 6.45) is -0.156. The Kier molecular flexibility index (Phi) is 7.89. The molecular formula is C25H39FN4O4SSi. The van der Waals surface area contributed by atoms with Crippen LogP contribution in [0, 0.1) is 11.7 Å². The van der Waals surface area contributed by atoms with E-state index in [1.807, 2.05) is 0 Å². The highest BCUT2D eigenvalue weighted by atomic mass is 32.2. The molecule has 2 amide bonds. The maximum absolute atomic E-state index is 15.1. The topological polar surface area (TPSA) is 106 Å². The first kappa shape index (κ1) is 28.5. The summed E-state index contributed by atoms with van der Waals surface area (Å²) in [5, 5.41) is 3.00. The van der Waals surface area contributed by atoms with E-state index in [2.05, 4.69) is 25.0 Å². The van der Waals surface area contributed by atoms with E-state index in [0.717, 1.165) is 6.04 Å². The number of nitrogens with zero attached hydrogens (tertiary/aromatic N) is 2. The van der Waals surface area contributed by atoms with Crippen LogP contribution in [0.1, 0.15) is 39.7 Å². The van der Waals surface area contributed by atoms with Crippen LogP contribution in [0.2, 0.25) is 25.7 Å². The Bertz CT molecular complexity index is 1060. The third-order valence-electron chi connectivity index (χ3n) is 6.40. The van der Waals surface area contributed by atoms with Crippen molar-refractivity contribution in [2.75, 3.05) is 26.1 Å². The summed E-state index contributed by atoms with van der Waals surface area (Å²) in [6, 6.07) is 5.28. The molecule has 8 nitrogen and oxygen atoms in total. The molecule has 1 saturated carbocycles. The number of amidine groups is 1. The van der Waals surface area contributed by atoms with Gasteiger partial charge in [0.2, 0.25) is 5.91 Å². The van der Waals surface area contributed by atoms with Crippen molar-refractivity contribution in [2.24, 2.45) is 10.9 Å². The van der Waals surface area contributed by atoms with Gasteiger partial charge in [-0.1, -0.05) is 31.4 Å². The van der Waals surface area contributed by atoms with Crippen molar-refractivity contribution in [3.63, 3.8) is 0 Å². The van der Waals surface area contributed by atoms with Crippen LogP contribution in [-0.2, 0) is 19.8 Å². The van der Waals surface area contributed by atoms with Crippen molar-refractivity contribution in [1.29, 1.82) is 0 Å². The molecule has 3 N–H and O–H groups in total. The van der Waals surface area contributed by atoms with Gasteiger partial charge in [-0.3, -0.25) is 9.79 Å². The molecule has 1 heterocycles. The first-order valence-electron chi connectivity index (χ1n) is 12.2. The minimum atomic E-state index is -1.35. The van der Waals surface area contributed by atoms with Gasteiger partial charge in [0.05, 0.1) is 5.54 Å². The summed E-state index contributed by atoms with van der Waals surface area (Å²) in [5.74, 6) is -0.929. The number of nitrogens with two attached hydrogens (primary N) is 1. The standard InChI is InChI=1S/C25H39FN4O4SSi/c1-23(2,3)34-22(32)30(15-33-11-12-36(6,7)8)21-29-24(4,17-13-16(27)9-10-18(17)26)19-14-25(19,35-21)20(31)28-5/h9-10,13,19H,11-12,14-15,27H2,1-8H3,(H,28,31)/t19-,24+,25-/m0/s1. The largest absolute Gasteiger partial charge is 0.443 e. The van der Waals surface area contributed by atoms with Gasteiger partial charge in [-0.05, 0) is 58.4 Å². The van der Waals surface area contributed by atoms with E-state index < -0.39 is 35.9 Å². The Morgan fingerprint density at radius 3 is 2.58 bits per heavy atom. The molecule has 0 radical (unpaired) electrons. The zero-order valence-electron chi connectivity index (χ0n) is 22.5. The van der Waals surface area contributed by atoms with Gasteiger partial charge in [0.1, 0.15) is 22.9 Å². The van der Waals surface area contributed by atoms with Gasteiger partial charge >= 0.3 is 6.09 Å². The van der Waals surface area contributed by atoms with Crippen molar-refractivity contribution in [3.05, 3.63) is 29.6 Å². The molecule has 200 valence electrons. The normalized spacial score (nSPS) is 25.5. The Morgan fingerprint density at radius 1 is 1.33 bits per heavy atom. The molecule has 36 heavy (non-hydrogen) atoms. The maximum atomic E-state index is 15.1. The lowest BCUT2D eigenvalue weighted by atomic mass is 9.85. The van der Waals surface area contributed by atoms with Crippen LogP contribution in [0.3, 0.4) is 0 Å². The Balaban J connectivity index is 2.05. The fraction of sp³-hybridized carbons (Fsp3) is 0.640. The van der Waals surface area contributed by atoms with Gasteiger partial charge in [-0.2, -0.15) is 0 Å². The third-order valence-corrected chi connectivity index (χ3v) is 9.60. The second-order valence-electron chi connectivity index (χ2n) is 11.9. The zero-order valence-corrected chi connectivity index (χ0v) is 24.3. The molecule has 3 atom stereocenters. The Hall–Kier alpha value is -2.11. The molecule has 1 fully saturated rings. The van der Waals surface area contributed by atoms with Crippen LogP contribution in [0.5, 0.6) is 0 Å².